The number of hydrogen-bond donors (Lipinski definition) is 0. The Labute approximate surface area is 217 Å². The Balaban J connectivity index is 1.34. The van der Waals surface area contributed by atoms with Crippen LogP contribution in [0.5, 0.6) is 0 Å². The standard InChI is InChI=1S/C28H34ClN5O2/c1-28(2,3)14-24(35)16-34-27(20-5-4-6-21(29)13-20)31-26(32-34)25-10-7-19(15-30-25)11-12-33-22-8-9-23(33)18-36-17-22/h4-7,10,13,15,22-23H,8-9,11-12,14,16-18H2,1-3H3. The number of carbonyl (C=O) groups is 1. The Bertz CT molecular complexity index is 1200. The van der Waals surface area contributed by atoms with E-state index in [0.29, 0.717) is 40.9 Å². The van der Waals surface area contributed by atoms with Gasteiger partial charge in [0.2, 0.25) is 0 Å². The third-order valence-corrected chi connectivity index (χ3v) is 7.15. The van der Waals surface area contributed by atoms with Crippen molar-refractivity contribution in [1.29, 1.82) is 0 Å². The summed E-state index contributed by atoms with van der Waals surface area (Å²) in [6.45, 7) is 9.08. The van der Waals surface area contributed by atoms with Gasteiger partial charge < -0.3 is 4.74 Å². The summed E-state index contributed by atoms with van der Waals surface area (Å²) < 4.78 is 7.38. The molecule has 4 heterocycles. The van der Waals surface area contributed by atoms with Crippen LogP contribution in [0.1, 0.15) is 45.6 Å². The van der Waals surface area contributed by atoms with Crippen molar-refractivity contribution in [3.05, 3.63) is 53.2 Å². The van der Waals surface area contributed by atoms with Gasteiger partial charge in [0.15, 0.2) is 17.4 Å². The predicted octanol–water partition coefficient (Wildman–Crippen LogP) is 5.07. The van der Waals surface area contributed by atoms with Gasteiger partial charge in [0.25, 0.3) is 0 Å². The van der Waals surface area contributed by atoms with Gasteiger partial charge in [-0.2, -0.15) is 0 Å². The van der Waals surface area contributed by atoms with E-state index in [1.807, 2.05) is 36.5 Å². The van der Waals surface area contributed by atoms with Gasteiger partial charge in [-0.15, -0.1) is 5.10 Å². The zero-order valence-electron chi connectivity index (χ0n) is 21.3. The number of morpholine rings is 1. The van der Waals surface area contributed by atoms with Crippen molar-refractivity contribution in [3.63, 3.8) is 0 Å². The van der Waals surface area contributed by atoms with E-state index >= 15 is 0 Å². The smallest absolute Gasteiger partial charge is 0.200 e. The van der Waals surface area contributed by atoms with Crippen LogP contribution < -0.4 is 0 Å². The molecule has 1 aromatic carbocycles. The quantitative estimate of drug-likeness (QED) is 0.423. The summed E-state index contributed by atoms with van der Waals surface area (Å²) in [6, 6.07) is 12.7. The molecule has 0 spiro atoms. The highest BCUT2D eigenvalue weighted by molar-refractivity contribution is 6.30. The molecule has 2 bridgehead atoms. The number of benzene rings is 1. The second-order valence-electron chi connectivity index (χ2n) is 11.2. The molecule has 0 saturated carbocycles. The Morgan fingerprint density at radius 2 is 1.92 bits per heavy atom. The first-order chi connectivity index (χ1) is 17.2. The number of rotatable bonds is 8. The molecule has 190 valence electrons. The first kappa shape index (κ1) is 25.1. The molecule has 0 N–H and O–H groups in total. The summed E-state index contributed by atoms with van der Waals surface area (Å²) in [5.41, 5.74) is 2.62. The van der Waals surface area contributed by atoms with E-state index in [1.54, 1.807) is 4.68 Å². The fourth-order valence-corrected chi connectivity index (χ4v) is 5.45. The third kappa shape index (κ3) is 5.85. The topological polar surface area (TPSA) is 73.1 Å². The van der Waals surface area contributed by atoms with Crippen molar-refractivity contribution in [3.8, 4) is 22.9 Å². The molecule has 8 heteroatoms. The van der Waals surface area contributed by atoms with Crippen LogP contribution in [0.3, 0.4) is 0 Å². The first-order valence-electron chi connectivity index (χ1n) is 12.8. The number of nitrogens with zero attached hydrogens (tertiary/aromatic N) is 5. The average Bonchev–Trinajstić information content (AvgIpc) is 3.33. The lowest BCUT2D eigenvalue weighted by Crippen LogP contribution is -2.46. The van der Waals surface area contributed by atoms with Crippen LogP contribution in [0.4, 0.5) is 0 Å². The SMILES string of the molecule is CC(C)(C)CC(=O)Cn1nc(-c2ccc(CCN3C4CCC3COC4)cn2)nc1-c1cccc(Cl)c1. The van der Waals surface area contributed by atoms with E-state index in [-0.39, 0.29) is 17.7 Å². The number of ether oxygens (including phenoxy) is 1. The number of pyridine rings is 1. The summed E-state index contributed by atoms with van der Waals surface area (Å²) in [5.74, 6) is 1.23. The molecule has 2 aliphatic rings. The molecule has 0 amide bonds. The monoisotopic (exact) mass is 507 g/mol. The van der Waals surface area contributed by atoms with E-state index in [4.69, 9.17) is 26.4 Å². The van der Waals surface area contributed by atoms with Gasteiger partial charge in [-0.1, -0.05) is 50.6 Å². The number of aromatic nitrogens is 4. The summed E-state index contributed by atoms with van der Waals surface area (Å²) in [7, 11) is 0. The number of fused-ring (bicyclic) bond motifs is 2. The molecule has 0 aliphatic carbocycles. The highest BCUT2D eigenvalue weighted by atomic mass is 35.5. The van der Waals surface area contributed by atoms with Crippen molar-refractivity contribution in [2.75, 3.05) is 19.8 Å². The zero-order chi connectivity index (χ0) is 25.3. The van der Waals surface area contributed by atoms with Gasteiger partial charge in [-0.3, -0.25) is 14.7 Å². The van der Waals surface area contributed by atoms with Crippen molar-refractivity contribution < 1.29 is 9.53 Å². The summed E-state index contributed by atoms with van der Waals surface area (Å²) in [4.78, 5) is 24.8. The number of hydrogen-bond acceptors (Lipinski definition) is 6. The number of halogens is 1. The lowest BCUT2D eigenvalue weighted by atomic mass is 9.90. The minimum atomic E-state index is -0.0884. The third-order valence-electron chi connectivity index (χ3n) is 6.91. The van der Waals surface area contributed by atoms with Gasteiger partial charge in [0.1, 0.15) is 12.2 Å². The maximum atomic E-state index is 12.8. The van der Waals surface area contributed by atoms with Gasteiger partial charge in [-0.25, -0.2) is 9.67 Å². The Kier molecular flexibility index (Phi) is 7.24. The van der Waals surface area contributed by atoms with E-state index in [9.17, 15) is 4.79 Å². The number of ketones is 1. The minimum Gasteiger partial charge on any atom is -0.378 e. The van der Waals surface area contributed by atoms with Crippen LogP contribution >= 0.6 is 11.6 Å². The van der Waals surface area contributed by atoms with Crippen molar-refractivity contribution in [2.24, 2.45) is 5.41 Å². The second kappa shape index (κ2) is 10.4. The van der Waals surface area contributed by atoms with E-state index in [1.165, 1.54) is 18.4 Å². The summed E-state index contributed by atoms with van der Waals surface area (Å²) >= 11 is 6.24. The fourth-order valence-electron chi connectivity index (χ4n) is 5.26. The number of Topliss-reactive ketones (excluding diaryl/α,β-unsaturated/α-hetero) is 1. The van der Waals surface area contributed by atoms with Gasteiger partial charge >= 0.3 is 0 Å². The molecule has 5 rings (SSSR count). The molecule has 2 saturated heterocycles. The Hall–Kier alpha value is -2.61. The van der Waals surface area contributed by atoms with Crippen molar-refractivity contribution >= 4 is 17.4 Å². The normalized spacial score (nSPS) is 20.1. The fraction of sp³-hybridized carbons (Fsp3) is 0.500. The molecular weight excluding hydrogens is 474 g/mol. The van der Waals surface area contributed by atoms with Gasteiger partial charge in [0, 0.05) is 41.8 Å². The molecular formula is C28H34ClN5O2. The minimum absolute atomic E-state index is 0.0884. The maximum absolute atomic E-state index is 12.8. The molecule has 2 unspecified atom stereocenters. The molecule has 7 nitrogen and oxygen atoms in total. The maximum Gasteiger partial charge on any atom is 0.200 e. The summed E-state index contributed by atoms with van der Waals surface area (Å²) in [5, 5.41) is 5.30. The molecule has 3 aromatic rings. The van der Waals surface area contributed by atoms with Crippen molar-refractivity contribution in [2.45, 2.75) is 65.1 Å². The molecule has 0 radical (unpaired) electrons. The molecule has 36 heavy (non-hydrogen) atoms. The van der Waals surface area contributed by atoms with Crippen LogP contribution in [0.25, 0.3) is 22.9 Å². The van der Waals surface area contributed by atoms with Crippen LogP contribution in [0, 0.1) is 5.41 Å². The number of carbonyl (C=O) groups excluding carboxylic acids is 1. The van der Waals surface area contributed by atoms with Crippen LogP contribution in [0.15, 0.2) is 42.6 Å². The lowest BCUT2D eigenvalue weighted by molar-refractivity contribution is -0.121. The molecule has 2 fully saturated rings. The second-order valence-corrected chi connectivity index (χ2v) is 11.6. The van der Waals surface area contributed by atoms with Gasteiger partial charge in [-0.05, 0) is 48.4 Å². The van der Waals surface area contributed by atoms with Crippen LogP contribution in [0.2, 0.25) is 5.02 Å². The van der Waals surface area contributed by atoms with Crippen LogP contribution in [-0.2, 0) is 22.5 Å². The van der Waals surface area contributed by atoms with Crippen LogP contribution in [-0.4, -0.2) is 62.3 Å². The Morgan fingerprint density at radius 1 is 1.14 bits per heavy atom. The largest absolute Gasteiger partial charge is 0.378 e. The average molecular weight is 508 g/mol. The molecule has 2 atom stereocenters. The highest BCUT2D eigenvalue weighted by Crippen LogP contribution is 2.29. The van der Waals surface area contributed by atoms with Gasteiger partial charge in [0.05, 0.1) is 13.2 Å². The molecule has 2 aliphatic heterocycles. The van der Waals surface area contributed by atoms with E-state index in [2.05, 4.69) is 36.7 Å². The zero-order valence-corrected chi connectivity index (χ0v) is 22.0. The van der Waals surface area contributed by atoms with E-state index in [0.717, 1.165) is 31.7 Å². The van der Waals surface area contributed by atoms with Crippen molar-refractivity contribution in [1.82, 2.24) is 24.6 Å². The van der Waals surface area contributed by atoms with E-state index < -0.39 is 0 Å². The lowest BCUT2D eigenvalue weighted by Gasteiger charge is -2.34. The summed E-state index contributed by atoms with van der Waals surface area (Å²) in [6.07, 6.45) is 5.82. The predicted molar refractivity (Wildman–Crippen MR) is 141 cm³/mol. The highest BCUT2D eigenvalue weighted by Gasteiger charge is 2.36. The Morgan fingerprint density at radius 3 is 2.58 bits per heavy atom. The first-order valence-corrected chi connectivity index (χ1v) is 13.1. The molecule has 2 aromatic heterocycles.